The number of hydrazone groups is 1. The van der Waals surface area contributed by atoms with E-state index in [0.717, 1.165) is 47.9 Å². The molecule has 2 bridgehead atoms. The lowest BCUT2D eigenvalue weighted by atomic mass is 9.84. The van der Waals surface area contributed by atoms with E-state index >= 15 is 0 Å². The van der Waals surface area contributed by atoms with Gasteiger partial charge in [-0.1, -0.05) is 13.0 Å². The first-order chi connectivity index (χ1) is 10.8. The number of rotatable bonds is 3. The van der Waals surface area contributed by atoms with Crippen molar-refractivity contribution in [2.45, 2.75) is 39.0 Å². The minimum Gasteiger partial charge on any atom is -0.347 e. The molecule has 0 unspecified atom stereocenters. The molecule has 5 heteroatoms. The van der Waals surface area contributed by atoms with E-state index in [0.29, 0.717) is 0 Å². The van der Waals surface area contributed by atoms with Gasteiger partial charge in [0.05, 0.1) is 11.4 Å². The summed E-state index contributed by atoms with van der Waals surface area (Å²) in [5.41, 5.74) is 4.96. The molecule has 2 saturated heterocycles. The predicted molar refractivity (Wildman–Crippen MR) is 93.8 cm³/mol. The molecular weight excluding hydrogens is 292 g/mol. The molecule has 1 N–H and O–H groups in total. The highest BCUT2D eigenvalue weighted by molar-refractivity contribution is 7.80. The SMILES string of the molecule is CC/C(=N\NC(=S)N1CC2CCC(CC2)C1)c1ccccn1. The molecule has 0 spiro atoms. The van der Waals surface area contributed by atoms with Crippen molar-refractivity contribution in [2.75, 3.05) is 13.1 Å². The van der Waals surface area contributed by atoms with Crippen LogP contribution in [0.2, 0.25) is 0 Å². The molecule has 3 aliphatic rings. The summed E-state index contributed by atoms with van der Waals surface area (Å²) >= 11 is 5.57. The van der Waals surface area contributed by atoms with E-state index in [-0.39, 0.29) is 0 Å². The maximum absolute atomic E-state index is 5.57. The van der Waals surface area contributed by atoms with E-state index in [1.165, 1.54) is 25.7 Å². The Morgan fingerprint density at radius 2 is 1.95 bits per heavy atom. The summed E-state index contributed by atoms with van der Waals surface area (Å²) in [5, 5.41) is 5.27. The van der Waals surface area contributed by atoms with Crippen molar-refractivity contribution in [3.63, 3.8) is 0 Å². The minimum atomic E-state index is 0.765. The van der Waals surface area contributed by atoms with Crippen LogP contribution in [0.1, 0.15) is 44.7 Å². The second-order valence-electron chi connectivity index (χ2n) is 6.34. The summed E-state index contributed by atoms with van der Waals surface area (Å²) in [4.78, 5) is 6.68. The van der Waals surface area contributed by atoms with Gasteiger partial charge in [0.1, 0.15) is 0 Å². The van der Waals surface area contributed by atoms with E-state index in [1.807, 2.05) is 18.2 Å². The van der Waals surface area contributed by atoms with E-state index in [9.17, 15) is 0 Å². The number of hydrogen-bond acceptors (Lipinski definition) is 3. The lowest BCUT2D eigenvalue weighted by Gasteiger charge is -2.24. The second kappa shape index (κ2) is 7.18. The smallest absolute Gasteiger partial charge is 0.189 e. The maximum atomic E-state index is 5.57. The van der Waals surface area contributed by atoms with Crippen LogP contribution in [0.25, 0.3) is 0 Å². The van der Waals surface area contributed by atoms with Gasteiger partial charge in [-0.3, -0.25) is 10.4 Å². The first-order valence-electron chi connectivity index (χ1n) is 8.29. The third kappa shape index (κ3) is 3.64. The van der Waals surface area contributed by atoms with Crippen molar-refractivity contribution in [3.05, 3.63) is 30.1 Å². The lowest BCUT2D eigenvalue weighted by molar-refractivity contribution is 0.326. The zero-order chi connectivity index (χ0) is 15.4. The minimum absolute atomic E-state index is 0.765. The molecule has 1 aromatic heterocycles. The van der Waals surface area contributed by atoms with Crippen molar-refractivity contribution >= 4 is 23.0 Å². The van der Waals surface area contributed by atoms with E-state index in [2.05, 4.69) is 27.3 Å². The van der Waals surface area contributed by atoms with Gasteiger partial charge in [-0.25, -0.2) is 0 Å². The third-order valence-corrected chi connectivity index (χ3v) is 5.14. The number of nitrogens with zero attached hydrogens (tertiary/aromatic N) is 3. The van der Waals surface area contributed by atoms with Gasteiger partial charge in [0.15, 0.2) is 5.11 Å². The van der Waals surface area contributed by atoms with E-state index in [4.69, 9.17) is 12.2 Å². The fraction of sp³-hybridized carbons (Fsp3) is 0.588. The molecule has 3 heterocycles. The second-order valence-corrected chi connectivity index (χ2v) is 6.72. The Kier molecular flexibility index (Phi) is 5.03. The molecule has 1 aromatic rings. The van der Waals surface area contributed by atoms with Crippen LogP contribution in [0.3, 0.4) is 0 Å². The van der Waals surface area contributed by atoms with E-state index < -0.39 is 0 Å². The van der Waals surface area contributed by atoms with Crippen LogP contribution < -0.4 is 5.43 Å². The molecule has 1 saturated carbocycles. The number of aromatic nitrogens is 1. The van der Waals surface area contributed by atoms with Crippen molar-refractivity contribution in [3.8, 4) is 0 Å². The molecule has 0 aromatic carbocycles. The fourth-order valence-electron chi connectivity index (χ4n) is 3.50. The van der Waals surface area contributed by atoms with Crippen LogP contribution in [-0.4, -0.2) is 33.8 Å². The molecular formula is C17H24N4S. The maximum Gasteiger partial charge on any atom is 0.189 e. The van der Waals surface area contributed by atoms with Gasteiger partial charge in [-0.2, -0.15) is 5.10 Å². The monoisotopic (exact) mass is 316 g/mol. The largest absolute Gasteiger partial charge is 0.347 e. The number of pyridine rings is 1. The summed E-state index contributed by atoms with van der Waals surface area (Å²) in [6.07, 6.45) is 8.08. The summed E-state index contributed by atoms with van der Waals surface area (Å²) in [6, 6.07) is 5.89. The molecule has 0 amide bonds. The molecule has 22 heavy (non-hydrogen) atoms. The Balaban J connectivity index is 1.64. The van der Waals surface area contributed by atoms with Gasteiger partial charge in [-0.05, 0) is 68.3 Å². The molecule has 0 radical (unpaired) electrons. The fourth-order valence-corrected chi connectivity index (χ4v) is 3.69. The van der Waals surface area contributed by atoms with Crippen molar-refractivity contribution in [1.82, 2.24) is 15.3 Å². The molecule has 4 nitrogen and oxygen atoms in total. The highest BCUT2D eigenvalue weighted by Gasteiger charge is 2.30. The van der Waals surface area contributed by atoms with Gasteiger partial charge in [-0.15, -0.1) is 0 Å². The van der Waals surface area contributed by atoms with Crippen molar-refractivity contribution in [1.29, 1.82) is 0 Å². The molecule has 118 valence electrons. The summed E-state index contributed by atoms with van der Waals surface area (Å²) < 4.78 is 0. The van der Waals surface area contributed by atoms with Crippen LogP contribution >= 0.6 is 12.2 Å². The number of fused-ring (bicyclic) bond motifs is 4. The van der Waals surface area contributed by atoms with Gasteiger partial charge in [0.25, 0.3) is 0 Å². The highest BCUT2D eigenvalue weighted by atomic mass is 32.1. The Morgan fingerprint density at radius 1 is 1.27 bits per heavy atom. The highest BCUT2D eigenvalue weighted by Crippen LogP contribution is 2.33. The normalized spacial score (nSPS) is 25.0. The lowest BCUT2D eigenvalue weighted by Crippen LogP contribution is -2.40. The van der Waals surface area contributed by atoms with Crippen LogP contribution in [0.4, 0.5) is 0 Å². The average molecular weight is 316 g/mol. The quantitative estimate of drug-likeness (QED) is 0.528. The molecule has 2 aliphatic heterocycles. The number of thiocarbonyl (C=S) groups is 1. The number of hydrogen-bond donors (Lipinski definition) is 1. The standard InChI is InChI=1S/C17H24N4S/c1-2-15(16-5-3-4-10-18-16)19-20-17(22)21-11-13-6-7-14(12-21)9-8-13/h3-5,10,13-14H,2,6-9,11-12H2,1H3,(H,20,22)/b19-15+. The first-order valence-corrected chi connectivity index (χ1v) is 8.70. The van der Waals surface area contributed by atoms with Crippen LogP contribution in [0, 0.1) is 11.8 Å². The van der Waals surface area contributed by atoms with Crippen LogP contribution in [0.15, 0.2) is 29.5 Å². The Hall–Kier alpha value is -1.49. The molecule has 1 aliphatic carbocycles. The topological polar surface area (TPSA) is 40.5 Å². The summed E-state index contributed by atoms with van der Waals surface area (Å²) in [5.74, 6) is 1.62. The molecule has 4 rings (SSSR count). The van der Waals surface area contributed by atoms with Gasteiger partial charge in [0, 0.05) is 19.3 Å². The van der Waals surface area contributed by atoms with Crippen molar-refractivity contribution < 1.29 is 0 Å². The van der Waals surface area contributed by atoms with Gasteiger partial charge >= 0.3 is 0 Å². The van der Waals surface area contributed by atoms with Gasteiger partial charge in [0.2, 0.25) is 0 Å². The van der Waals surface area contributed by atoms with E-state index in [1.54, 1.807) is 6.20 Å². The van der Waals surface area contributed by atoms with Gasteiger partial charge < -0.3 is 4.90 Å². The van der Waals surface area contributed by atoms with Crippen molar-refractivity contribution in [2.24, 2.45) is 16.9 Å². The zero-order valence-corrected chi connectivity index (χ0v) is 14.0. The Morgan fingerprint density at radius 3 is 2.50 bits per heavy atom. The predicted octanol–water partition coefficient (Wildman–Crippen LogP) is 3.19. The Labute approximate surface area is 138 Å². The summed E-state index contributed by atoms with van der Waals surface area (Å²) in [7, 11) is 0. The third-order valence-electron chi connectivity index (χ3n) is 4.79. The molecule has 0 atom stereocenters. The molecule has 3 fully saturated rings. The number of nitrogens with one attached hydrogen (secondary N) is 1. The summed E-state index contributed by atoms with van der Waals surface area (Å²) in [6.45, 7) is 4.26. The Bertz CT molecular complexity index is 521. The average Bonchev–Trinajstić information content (AvgIpc) is 2.90. The zero-order valence-electron chi connectivity index (χ0n) is 13.2. The van der Waals surface area contributed by atoms with Crippen LogP contribution in [0.5, 0.6) is 0 Å². The first kappa shape index (κ1) is 15.4. The van der Waals surface area contributed by atoms with Crippen LogP contribution in [-0.2, 0) is 0 Å².